The zero-order valence-electron chi connectivity index (χ0n) is 18.4. The van der Waals surface area contributed by atoms with Crippen molar-refractivity contribution in [3.63, 3.8) is 0 Å². The van der Waals surface area contributed by atoms with Gasteiger partial charge >= 0.3 is 11.9 Å². The van der Waals surface area contributed by atoms with Crippen molar-refractivity contribution in [2.45, 2.75) is 44.0 Å². The Hall–Kier alpha value is -2.98. The van der Waals surface area contributed by atoms with Crippen molar-refractivity contribution < 1.29 is 29.0 Å². The van der Waals surface area contributed by atoms with Gasteiger partial charge in [0.25, 0.3) is 5.09 Å². The summed E-state index contributed by atoms with van der Waals surface area (Å²) in [5.74, 6) is 1.09. The van der Waals surface area contributed by atoms with Gasteiger partial charge in [-0.3, -0.25) is 4.79 Å². The molecule has 1 heterocycles. The summed E-state index contributed by atoms with van der Waals surface area (Å²) in [6, 6.07) is 13.1. The number of rotatable bonds is 12. The number of hydrogen-bond donors (Lipinski definition) is 0. The molecule has 180 valence electrons. The molecule has 10 heteroatoms. The first-order chi connectivity index (χ1) is 16.5. The third-order valence-corrected chi connectivity index (χ3v) is 7.87. The van der Waals surface area contributed by atoms with Crippen molar-refractivity contribution in [3.05, 3.63) is 75.8 Å². The van der Waals surface area contributed by atoms with E-state index in [0.29, 0.717) is 17.7 Å². The summed E-state index contributed by atoms with van der Waals surface area (Å²) in [5, 5.41) is 10.1. The lowest BCUT2D eigenvalue weighted by Gasteiger charge is -2.07. The van der Waals surface area contributed by atoms with Crippen molar-refractivity contribution in [2.75, 3.05) is 5.75 Å². The molecular formula is C24H25NO7S2. The fourth-order valence-electron chi connectivity index (χ4n) is 3.18. The van der Waals surface area contributed by atoms with Crippen LogP contribution in [0.15, 0.2) is 54.6 Å². The van der Waals surface area contributed by atoms with E-state index in [0.717, 1.165) is 30.1 Å². The molecule has 0 N–H and O–H groups in total. The number of esters is 2. The van der Waals surface area contributed by atoms with Crippen LogP contribution in [0.4, 0.5) is 0 Å². The average molecular weight is 504 g/mol. The van der Waals surface area contributed by atoms with E-state index < -0.39 is 11.1 Å². The number of carbonyl (C=O) groups is 2. The maximum atomic E-state index is 12.1. The Labute approximate surface area is 205 Å². The minimum Gasteiger partial charge on any atom is -0.427 e. The number of ether oxygens (including phenoxy) is 2. The Morgan fingerprint density at radius 3 is 2.65 bits per heavy atom. The minimum atomic E-state index is -0.885. The SMILES string of the molecule is O=C(/C=C/c1ccc(OC(=O)CCCC[C@@H]2CCSS2)cc1)Oc1cccc(CO[N+](=O)[O-])c1. The first-order valence-electron chi connectivity index (χ1n) is 10.8. The van der Waals surface area contributed by atoms with E-state index in [1.807, 2.05) is 21.6 Å². The first kappa shape index (κ1) is 25.6. The number of nitrogens with zero attached hydrogens (tertiary/aromatic N) is 1. The highest BCUT2D eigenvalue weighted by Gasteiger charge is 2.16. The van der Waals surface area contributed by atoms with E-state index in [1.54, 1.807) is 48.5 Å². The van der Waals surface area contributed by atoms with Crippen LogP contribution in [0.5, 0.6) is 11.5 Å². The Balaban J connectivity index is 1.39. The second-order valence-corrected chi connectivity index (χ2v) is 10.3. The third-order valence-electron chi connectivity index (χ3n) is 4.86. The minimum absolute atomic E-state index is 0.232. The molecular weight excluding hydrogens is 478 g/mol. The van der Waals surface area contributed by atoms with Gasteiger partial charge in [0.15, 0.2) is 0 Å². The molecule has 0 radical (unpaired) electrons. The highest BCUT2D eigenvalue weighted by atomic mass is 33.1. The summed E-state index contributed by atoms with van der Waals surface area (Å²) < 4.78 is 10.6. The van der Waals surface area contributed by atoms with E-state index in [2.05, 4.69) is 4.84 Å². The quantitative estimate of drug-likeness (QED) is 0.0692. The van der Waals surface area contributed by atoms with Crippen LogP contribution in [-0.4, -0.2) is 28.0 Å². The summed E-state index contributed by atoms with van der Waals surface area (Å²) >= 11 is 0. The maximum Gasteiger partial charge on any atom is 0.336 e. The Morgan fingerprint density at radius 1 is 1.09 bits per heavy atom. The molecule has 0 spiro atoms. The molecule has 1 saturated heterocycles. The van der Waals surface area contributed by atoms with Crippen molar-refractivity contribution in [1.82, 2.24) is 0 Å². The summed E-state index contributed by atoms with van der Waals surface area (Å²) in [7, 11) is 3.88. The fourth-order valence-corrected chi connectivity index (χ4v) is 6.20. The Kier molecular flexibility index (Phi) is 10.3. The molecule has 1 atom stereocenters. The third kappa shape index (κ3) is 9.48. The molecule has 0 aromatic heterocycles. The topological polar surface area (TPSA) is 105 Å². The van der Waals surface area contributed by atoms with Gasteiger partial charge in [-0.15, -0.1) is 10.1 Å². The van der Waals surface area contributed by atoms with Crippen LogP contribution in [0.3, 0.4) is 0 Å². The smallest absolute Gasteiger partial charge is 0.336 e. The zero-order chi connectivity index (χ0) is 24.2. The Morgan fingerprint density at radius 2 is 1.91 bits per heavy atom. The molecule has 1 aliphatic rings. The van der Waals surface area contributed by atoms with Gasteiger partial charge in [-0.05, 0) is 60.7 Å². The predicted octanol–water partition coefficient (Wildman–Crippen LogP) is 5.63. The van der Waals surface area contributed by atoms with Gasteiger partial charge in [0, 0.05) is 23.5 Å². The van der Waals surface area contributed by atoms with Crippen LogP contribution in [0.2, 0.25) is 0 Å². The molecule has 0 saturated carbocycles. The molecule has 2 aromatic rings. The molecule has 3 rings (SSSR count). The van der Waals surface area contributed by atoms with Gasteiger partial charge in [-0.2, -0.15) is 0 Å². The van der Waals surface area contributed by atoms with E-state index in [9.17, 15) is 19.7 Å². The molecule has 1 aliphatic heterocycles. The largest absolute Gasteiger partial charge is 0.427 e. The second kappa shape index (κ2) is 13.7. The van der Waals surface area contributed by atoms with Gasteiger partial charge in [-0.1, -0.05) is 52.3 Å². The van der Waals surface area contributed by atoms with Crippen LogP contribution in [-0.2, 0) is 21.0 Å². The number of carbonyl (C=O) groups excluding carboxylic acids is 2. The Bertz CT molecular complexity index is 1000. The van der Waals surface area contributed by atoms with Crippen LogP contribution in [0.25, 0.3) is 6.08 Å². The maximum absolute atomic E-state index is 12.1. The van der Waals surface area contributed by atoms with Gasteiger partial charge < -0.3 is 14.3 Å². The lowest BCUT2D eigenvalue weighted by atomic mass is 10.1. The molecule has 2 aromatic carbocycles. The van der Waals surface area contributed by atoms with Gasteiger partial charge in [0.1, 0.15) is 18.1 Å². The molecule has 0 unspecified atom stereocenters. The lowest BCUT2D eigenvalue weighted by Crippen LogP contribution is -2.08. The van der Waals surface area contributed by atoms with Crippen molar-refractivity contribution in [3.8, 4) is 11.5 Å². The lowest BCUT2D eigenvalue weighted by molar-refractivity contribution is -0.763. The van der Waals surface area contributed by atoms with Crippen molar-refractivity contribution in [2.24, 2.45) is 0 Å². The van der Waals surface area contributed by atoms with Crippen LogP contribution >= 0.6 is 21.6 Å². The highest BCUT2D eigenvalue weighted by Crippen LogP contribution is 2.39. The summed E-state index contributed by atoms with van der Waals surface area (Å²) in [4.78, 5) is 38.7. The van der Waals surface area contributed by atoms with Crippen LogP contribution in [0, 0.1) is 10.1 Å². The van der Waals surface area contributed by atoms with E-state index in [-0.39, 0.29) is 18.3 Å². The van der Waals surface area contributed by atoms with Gasteiger partial charge in [0.05, 0.1) is 0 Å². The summed E-state index contributed by atoms with van der Waals surface area (Å²) in [5.41, 5.74) is 1.24. The van der Waals surface area contributed by atoms with E-state index >= 15 is 0 Å². The standard InChI is InChI=1S/C24H25NO7S2/c26-23(7-2-1-6-22-14-15-33-34-22)31-20-11-8-18(9-12-20)10-13-24(27)32-21-5-3-4-19(16-21)17-30-25(28)29/h3-5,8-13,16,22H,1-2,6-7,14-15,17H2/b13-10+/t22-/m1/s1. The summed E-state index contributed by atoms with van der Waals surface area (Å²) in [6.07, 6.45) is 7.51. The van der Waals surface area contributed by atoms with E-state index in [4.69, 9.17) is 9.47 Å². The van der Waals surface area contributed by atoms with Gasteiger partial charge in [-0.25, -0.2) is 4.79 Å². The molecule has 0 bridgehead atoms. The first-order valence-corrected chi connectivity index (χ1v) is 13.2. The zero-order valence-corrected chi connectivity index (χ0v) is 20.1. The number of benzene rings is 2. The van der Waals surface area contributed by atoms with Crippen LogP contribution in [0.1, 0.15) is 43.2 Å². The normalized spacial score (nSPS) is 15.2. The monoisotopic (exact) mass is 503 g/mol. The highest BCUT2D eigenvalue weighted by molar-refractivity contribution is 8.77. The second-order valence-electron chi connectivity index (χ2n) is 7.52. The number of unbranched alkanes of at least 4 members (excludes halogenated alkanes) is 1. The van der Waals surface area contributed by atoms with E-state index in [1.165, 1.54) is 24.3 Å². The average Bonchev–Trinajstić information content (AvgIpc) is 3.34. The van der Waals surface area contributed by atoms with Crippen molar-refractivity contribution >= 4 is 39.6 Å². The summed E-state index contributed by atoms with van der Waals surface area (Å²) in [6.45, 7) is -0.232. The molecule has 1 fully saturated rings. The fraction of sp³-hybridized carbons (Fsp3) is 0.333. The molecule has 0 amide bonds. The predicted molar refractivity (Wildman–Crippen MR) is 132 cm³/mol. The molecule has 0 aliphatic carbocycles. The molecule has 34 heavy (non-hydrogen) atoms. The number of hydrogen-bond acceptors (Lipinski definition) is 9. The van der Waals surface area contributed by atoms with Crippen molar-refractivity contribution in [1.29, 1.82) is 0 Å². The van der Waals surface area contributed by atoms with Gasteiger partial charge in [0.2, 0.25) is 0 Å². The van der Waals surface area contributed by atoms with Crippen LogP contribution < -0.4 is 9.47 Å². The molecule has 8 nitrogen and oxygen atoms in total.